The summed E-state index contributed by atoms with van der Waals surface area (Å²) in [7, 11) is 0. The number of rotatable bonds is 3. The Morgan fingerprint density at radius 1 is 1.09 bits per heavy atom. The average Bonchev–Trinajstić information content (AvgIpc) is 2.84. The topological polar surface area (TPSA) is 38.0 Å². The molecule has 2 aromatic carbocycles. The molecule has 1 unspecified atom stereocenters. The smallest absolute Gasteiger partial charge is 0.159 e. The van der Waals surface area contributed by atoms with Crippen molar-refractivity contribution >= 4 is 11.0 Å². The standard InChI is InChI=1S/C17H16F2N2O/c1-10-5-15-16(6-11(10)2)21(9-20-15)8-17(22)12-3-4-13(18)14(19)7-12/h3-7,9,17,22H,8H2,1-2H3. The molecular formula is C17H16F2N2O. The fourth-order valence-electron chi connectivity index (χ4n) is 2.47. The Bertz CT molecular complexity index is 842. The van der Waals surface area contributed by atoms with E-state index in [2.05, 4.69) is 4.98 Å². The first-order chi connectivity index (χ1) is 10.5. The van der Waals surface area contributed by atoms with Crippen LogP contribution in [-0.2, 0) is 6.54 Å². The third-order valence-corrected chi connectivity index (χ3v) is 3.93. The van der Waals surface area contributed by atoms with Crippen LogP contribution >= 0.6 is 0 Å². The van der Waals surface area contributed by atoms with E-state index in [1.165, 1.54) is 6.07 Å². The predicted octanol–water partition coefficient (Wildman–Crippen LogP) is 3.66. The van der Waals surface area contributed by atoms with E-state index >= 15 is 0 Å². The molecule has 3 rings (SSSR count). The van der Waals surface area contributed by atoms with E-state index in [4.69, 9.17) is 0 Å². The van der Waals surface area contributed by atoms with Gasteiger partial charge in [0.2, 0.25) is 0 Å². The van der Waals surface area contributed by atoms with Crippen LogP contribution in [0.2, 0.25) is 0 Å². The summed E-state index contributed by atoms with van der Waals surface area (Å²) >= 11 is 0. The Morgan fingerprint density at radius 2 is 1.82 bits per heavy atom. The van der Waals surface area contributed by atoms with Crippen molar-refractivity contribution in [1.82, 2.24) is 9.55 Å². The summed E-state index contributed by atoms with van der Waals surface area (Å²) in [5, 5.41) is 10.3. The van der Waals surface area contributed by atoms with Gasteiger partial charge < -0.3 is 9.67 Å². The van der Waals surface area contributed by atoms with Gasteiger partial charge in [0, 0.05) is 0 Å². The maximum Gasteiger partial charge on any atom is 0.159 e. The van der Waals surface area contributed by atoms with Crippen LogP contribution in [-0.4, -0.2) is 14.7 Å². The molecule has 0 aliphatic heterocycles. The van der Waals surface area contributed by atoms with Crippen LogP contribution in [0.3, 0.4) is 0 Å². The quantitative estimate of drug-likeness (QED) is 0.801. The van der Waals surface area contributed by atoms with E-state index in [1.807, 2.05) is 30.5 Å². The second-order valence-electron chi connectivity index (χ2n) is 5.51. The molecule has 1 atom stereocenters. The Balaban J connectivity index is 1.92. The Hall–Kier alpha value is -2.27. The van der Waals surface area contributed by atoms with Crippen LogP contribution in [0.25, 0.3) is 11.0 Å². The Labute approximate surface area is 126 Å². The zero-order valence-corrected chi connectivity index (χ0v) is 12.3. The van der Waals surface area contributed by atoms with Crippen molar-refractivity contribution in [1.29, 1.82) is 0 Å². The highest BCUT2D eigenvalue weighted by Gasteiger charge is 2.13. The molecule has 1 N–H and O–H groups in total. The van der Waals surface area contributed by atoms with Crippen LogP contribution in [0.4, 0.5) is 8.78 Å². The molecule has 0 amide bonds. The minimum absolute atomic E-state index is 0.226. The maximum absolute atomic E-state index is 13.3. The van der Waals surface area contributed by atoms with Crippen molar-refractivity contribution in [3.63, 3.8) is 0 Å². The zero-order valence-electron chi connectivity index (χ0n) is 12.3. The van der Waals surface area contributed by atoms with Gasteiger partial charge in [-0.3, -0.25) is 0 Å². The van der Waals surface area contributed by atoms with Crippen LogP contribution in [0.15, 0.2) is 36.7 Å². The highest BCUT2D eigenvalue weighted by atomic mass is 19.2. The number of nitrogens with zero attached hydrogens (tertiary/aromatic N) is 2. The van der Waals surface area contributed by atoms with E-state index in [0.717, 1.165) is 34.3 Å². The molecule has 0 radical (unpaired) electrons. The first kappa shape index (κ1) is 14.7. The van der Waals surface area contributed by atoms with Gasteiger partial charge in [-0.1, -0.05) is 6.07 Å². The Kier molecular flexibility index (Phi) is 3.66. The molecule has 0 bridgehead atoms. The number of imidazole rings is 1. The summed E-state index contributed by atoms with van der Waals surface area (Å²) in [6.45, 7) is 4.26. The highest BCUT2D eigenvalue weighted by molar-refractivity contribution is 5.77. The van der Waals surface area contributed by atoms with Crippen molar-refractivity contribution in [2.75, 3.05) is 0 Å². The lowest BCUT2D eigenvalue weighted by atomic mass is 10.1. The van der Waals surface area contributed by atoms with Gasteiger partial charge in [0.1, 0.15) is 0 Å². The van der Waals surface area contributed by atoms with E-state index in [0.29, 0.717) is 5.56 Å². The molecule has 0 spiro atoms. The number of aromatic nitrogens is 2. The molecule has 3 aromatic rings. The van der Waals surface area contributed by atoms with Gasteiger partial charge in [-0.05, 0) is 54.8 Å². The monoisotopic (exact) mass is 302 g/mol. The van der Waals surface area contributed by atoms with E-state index in [-0.39, 0.29) is 6.54 Å². The van der Waals surface area contributed by atoms with Crippen LogP contribution in [0, 0.1) is 25.5 Å². The molecule has 5 heteroatoms. The number of aliphatic hydroxyl groups excluding tert-OH is 1. The van der Waals surface area contributed by atoms with Gasteiger partial charge in [0.25, 0.3) is 0 Å². The number of aliphatic hydroxyl groups is 1. The SMILES string of the molecule is Cc1cc2ncn(CC(O)c3ccc(F)c(F)c3)c2cc1C. The number of hydrogen-bond donors (Lipinski definition) is 1. The van der Waals surface area contributed by atoms with E-state index in [9.17, 15) is 13.9 Å². The summed E-state index contributed by atoms with van der Waals surface area (Å²) < 4.78 is 28.0. The number of benzene rings is 2. The van der Waals surface area contributed by atoms with Crippen molar-refractivity contribution < 1.29 is 13.9 Å². The van der Waals surface area contributed by atoms with Gasteiger partial charge in [0.15, 0.2) is 11.6 Å². The molecule has 0 saturated heterocycles. The molecule has 3 nitrogen and oxygen atoms in total. The van der Waals surface area contributed by atoms with Crippen LogP contribution < -0.4 is 0 Å². The van der Waals surface area contributed by atoms with Crippen molar-refractivity contribution in [3.05, 3.63) is 65.0 Å². The first-order valence-corrected chi connectivity index (χ1v) is 7.01. The third kappa shape index (κ3) is 2.60. The number of halogens is 2. The van der Waals surface area contributed by atoms with Gasteiger partial charge >= 0.3 is 0 Å². The van der Waals surface area contributed by atoms with E-state index in [1.54, 1.807) is 6.33 Å². The molecule has 0 aliphatic rings. The number of hydrogen-bond acceptors (Lipinski definition) is 2. The minimum Gasteiger partial charge on any atom is -0.387 e. The van der Waals surface area contributed by atoms with Gasteiger partial charge in [0.05, 0.1) is 30.0 Å². The van der Waals surface area contributed by atoms with Gasteiger partial charge in [-0.2, -0.15) is 0 Å². The largest absolute Gasteiger partial charge is 0.387 e. The fraction of sp³-hybridized carbons (Fsp3) is 0.235. The van der Waals surface area contributed by atoms with Crippen LogP contribution in [0.5, 0.6) is 0 Å². The van der Waals surface area contributed by atoms with Gasteiger partial charge in [-0.25, -0.2) is 13.8 Å². The maximum atomic E-state index is 13.3. The lowest BCUT2D eigenvalue weighted by Gasteiger charge is -2.13. The van der Waals surface area contributed by atoms with Crippen molar-refractivity contribution in [2.45, 2.75) is 26.5 Å². The number of fused-ring (bicyclic) bond motifs is 1. The molecule has 114 valence electrons. The summed E-state index contributed by atoms with van der Waals surface area (Å²) in [4.78, 5) is 4.32. The molecular weight excluding hydrogens is 286 g/mol. The summed E-state index contributed by atoms with van der Waals surface area (Å²) in [5.41, 5.74) is 4.38. The predicted molar refractivity (Wildman–Crippen MR) is 80.5 cm³/mol. The van der Waals surface area contributed by atoms with Crippen molar-refractivity contribution in [3.8, 4) is 0 Å². The van der Waals surface area contributed by atoms with Gasteiger partial charge in [-0.15, -0.1) is 0 Å². The normalized spacial score (nSPS) is 12.8. The molecule has 0 fully saturated rings. The summed E-state index contributed by atoms with van der Waals surface area (Å²) in [5.74, 6) is -1.88. The zero-order chi connectivity index (χ0) is 15.9. The molecule has 22 heavy (non-hydrogen) atoms. The molecule has 1 heterocycles. The molecule has 1 aromatic heterocycles. The average molecular weight is 302 g/mol. The fourth-order valence-corrected chi connectivity index (χ4v) is 2.47. The first-order valence-electron chi connectivity index (χ1n) is 7.01. The molecule has 0 aliphatic carbocycles. The molecule has 0 saturated carbocycles. The summed E-state index contributed by atoms with van der Waals surface area (Å²) in [6, 6.07) is 7.43. The van der Waals surface area contributed by atoms with Crippen molar-refractivity contribution in [2.24, 2.45) is 0 Å². The van der Waals surface area contributed by atoms with Crippen LogP contribution in [0.1, 0.15) is 22.8 Å². The second kappa shape index (κ2) is 5.50. The Morgan fingerprint density at radius 3 is 2.55 bits per heavy atom. The summed E-state index contributed by atoms with van der Waals surface area (Å²) in [6.07, 6.45) is 0.709. The lowest BCUT2D eigenvalue weighted by Crippen LogP contribution is -2.08. The number of aryl methyl sites for hydroxylation is 2. The highest BCUT2D eigenvalue weighted by Crippen LogP contribution is 2.22. The van der Waals surface area contributed by atoms with E-state index < -0.39 is 17.7 Å². The minimum atomic E-state index is -0.960. The lowest BCUT2D eigenvalue weighted by molar-refractivity contribution is 0.157. The second-order valence-corrected chi connectivity index (χ2v) is 5.51. The third-order valence-electron chi connectivity index (χ3n) is 3.93.